The van der Waals surface area contributed by atoms with E-state index in [1.54, 1.807) is 0 Å². The monoisotopic (exact) mass is 681 g/mol. The van der Waals surface area contributed by atoms with E-state index in [0.29, 0.717) is 13.0 Å². The highest BCUT2D eigenvalue weighted by Crippen LogP contribution is 2.54. The zero-order valence-corrected chi connectivity index (χ0v) is 32.3. The van der Waals surface area contributed by atoms with E-state index in [0.717, 1.165) is 31.4 Å². The molecule has 256 valence electrons. The van der Waals surface area contributed by atoms with Crippen LogP contribution in [0.5, 0.6) is 0 Å². The fraction of sp³-hybridized carbons (Fsp3) is 0.488. The molecule has 5 nitrogen and oxygen atoms in total. The van der Waals surface area contributed by atoms with Crippen molar-refractivity contribution in [1.29, 1.82) is 0 Å². The van der Waals surface area contributed by atoms with Gasteiger partial charge in [0.15, 0.2) is 8.32 Å². The summed E-state index contributed by atoms with van der Waals surface area (Å²) >= 11 is 0. The van der Waals surface area contributed by atoms with Gasteiger partial charge in [0.1, 0.15) is 12.3 Å². The van der Waals surface area contributed by atoms with Crippen molar-refractivity contribution in [3.8, 4) is 0 Å². The van der Waals surface area contributed by atoms with Gasteiger partial charge >= 0.3 is 0 Å². The van der Waals surface area contributed by atoms with Crippen LogP contribution < -0.4 is 10.4 Å². The maximum atomic E-state index is 14.7. The van der Waals surface area contributed by atoms with Crippen LogP contribution in [0.2, 0.25) is 23.2 Å². The summed E-state index contributed by atoms with van der Waals surface area (Å²) in [5, 5.41) is 2.50. The lowest BCUT2D eigenvalue weighted by molar-refractivity contribution is -0.138. The summed E-state index contributed by atoms with van der Waals surface area (Å²) in [6.07, 6.45) is 4.98. The normalized spacial score (nSPS) is 24.8. The molecule has 48 heavy (non-hydrogen) atoms. The Hall–Kier alpha value is -2.82. The highest BCUT2D eigenvalue weighted by molar-refractivity contribution is 6.99. The number of hydrogen-bond donors (Lipinski definition) is 0. The van der Waals surface area contributed by atoms with Crippen molar-refractivity contribution in [2.75, 3.05) is 13.2 Å². The summed E-state index contributed by atoms with van der Waals surface area (Å²) in [5.74, 6) is 0.221. The van der Waals surface area contributed by atoms with Crippen LogP contribution in [0.1, 0.15) is 78.9 Å². The molecule has 0 bridgehead atoms. The lowest BCUT2D eigenvalue weighted by Gasteiger charge is -2.44. The number of nitrogens with zero attached hydrogens (tertiary/aromatic N) is 1. The van der Waals surface area contributed by atoms with Crippen LogP contribution in [0.15, 0.2) is 103 Å². The Labute approximate surface area is 291 Å². The van der Waals surface area contributed by atoms with Crippen molar-refractivity contribution < 1.29 is 18.4 Å². The van der Waals surface area contributed by atoms with Gasteiger partial charge in [-0.2, -0.15) is 0 Å². The van der Waals surface area contributed by atoms with Crippen LogP contribution in [0, 0.1) is 5.41 Å². The molecule has 7 heteroatoms. The number of carbonyl (C=O) groups excluding carboxylic acids is 1. The van der Waals surface area contributed by atoms with Gasteiger partial charge in [0.25, 0.3) is 8.32 Å². The van der Waals surface area contributed by atoms with Gasteiger partial charge in [0.05, 0.1) is 18.1 Å². The zero-order valence-electron chi connectivity index (χ0n) is 30.3. The predicted octanol–water partition coefficient (Wildman–Crippen LogP) is 8.38. The Morgan fingerprint density at radius 2 is 1.38 bits per heavy atom. The first kappa shape index (κ1) is 35.0. The smallest absolute Gasteiger partial charge is 0.261 e. The van der Waals surface area contributed by atoms with E-state index in [1.165, 1.54) is 15.9 Å². The third-order valence-corrected chi connectivity index (χ3v) is 21.2. The van der Waals surface area contributed by atoms with Crippen LogP contribution in [-0.2, 0) is 18.4 Å². The minimum Gasteiger partial charge on any atom is -0.417 e. The summed E-state index contributed by atoms with van der Waals surface area (Å²) < 4.78 is 20.9. The molecule has 2 aliphatic heterocycles. The fourth-order valence-electron chi connectivity index (χ4n) is 7.97. The maximum absolute atomic E-state index is 14.7. The van der Waals surface area contributed by atoms with E-state index in [2.05, 4.69) is 151 Å². The average molecular weight is 682 g/mol. The second-order valence-corrected chi connectivity index (χ2v) is 25.9. The number of benzene rings is 3. The van der Waals surface area contributed by atoms with Crippen LogP contribution in [0.4, 0.5) is 0 Å². The molecule has 3 aromatic rings. The Balaban J connectivity index is 1.27. The number of rotatable bonds is 10. The molecule has 2 heterocycles. The van der Waals surface area contributed by atoms with E-state index >= 15 is 0 Å². The van der Waals surface area contributed by atoms with E-state index in [-0.39, 0.29) is 34.4 Å². The number of hydrogen-bond acceptors (Lipinski definition) is 4. The molecule has 6 rings (SSSR count). The van der Waals surface area contributed by atoms with E-state index in [1.807, 2.05) is 6.07 Å². The Kier molecular flexibility index (Phi) is 9.59. The van der Waals surface area contributed by atoms with Crippen LogP contribution in [0.25, 0.3) is 0 Å². The minimum atomic E-state index is -2.82. The second kappa shape index (κ2) is 13.1. The summed E-state index contributed by atoms with van der Waals surface area (Å²) in [6, 6.07) is 31.7. The first-order valence-electron chi connectivity index (χ1n) is 17.8. The Morgan fingerprint density at radius 1 is 0.812 bits per heavy atom. The van der Waals surface area contributed by atoms with Gasteiger partial charge in [0.2, 0.25) is 5.91 Å². The first-order chi connectivity index (χ1) is 22.7. The molecule has 0 radical (unpaired) electrons. The summed E-state index contributed by atoms with van der Waals surface area (Å²) in [6.45, 7) is 19.5. The molecular formula is C41H55NO4Si2. The molecule has 1 amide bonds. The van der Waals surface area contributed by atoms with Crippen molar-refractivity contribution in [2.24, 2.45) is 5.41 Å². The molecule has 0 saturated carbocycles. The lowest BCUT2D eigenvalue weighted by atomic mass is 9.82. The molecule has 0 unspecified atom stereocenters. The van der Waals surface area contributed by atoms with Gasteiger partial charge < -0.3 is 18.5 Å². The third kappa shape index (κ3) is 6.33. The van der Waals surface area contributed by atoms with Gasteiger partial charge in [-0.25, -0.2) is 0 Å². The van der Waals surface area contributed by atoms with Gasteiger partial charge in [-0.15, -0.1) is 0 Å². The van der Waals surface area contributed by atoms with Crippen LogP contribution >= 0.6 is 0 Å². The average Bonchev–Trinajstić information content (AvgIpc) is 3.70. The van der Waals surface area contributed by atoms with Crippen LogP contribution in [0.3, 0.4) is 0 Å². The zero-order chi connectivity index (χ0) is 34.4. The first-order valence-corrected chi connectivity index (χ1v) is 22.6. The molecule has 3 aromatic carbocycles. The van der Waals surface area contributed by atoms with Gasteiger partial charge in [-0.05, 0) is 58.4 Å². The molecule has 4 atom stereocenters. The molecule has 1 aliphatic carbocycles. The predicted molar refractivity (Wildman–Crippen MR) is 200 cm³/mol. The standard InChI is InChI=1S/C41H55NO4Si2/c1-39(2,3)47(7,8)44-27-25-31-24-26-41(28-31)29-36-42(38(41)43)35(37(46-36)32-18-12-9-13-19-32)30-45-48(40(4,5)6,33-20-14-10-15-21-33)34-22-16-11-17-23-34/h9-24,35-37H,25-30H2,1-8H3/t35-,36+,37-,41+/m0/s1. The molecule has 0 N–H and O–H groups in total. The third-order valence-electron chi connectivity index (χ3n) is 11.6. The highest BCUT2D eigenvalue weighted by Gasteiger charge is 2.61. The van der Waals surface area contributed by atoms with Crippen molar-refractivity contribution in [3.05, 3.63) is 108 Å². The van der Waals surface area contributed by atoms with E-state index in [9.17, 15) is 4.79 Å². The minimum absolute atomic E-state index is 0.163. The quantitative estimate of drug-likeness (QED) is 0.159. The van der Waals surface area contributed by atoms with E-state index < -0.39 is 22.0 Å². The van der Waals surface area contributed by atoms with Gasteiger partial charge in [-0.1, -0.05) is 144 Å². The van der Waals surface area contributed by atoms with Crippen molar-refractivity contribution >= 4 is 32.9 Å². The highest BCUT2D eigenvalue weighted by atomic mass is 28.4. The Bertz CT molecular complexity index is 1560. The van der Waals surface area contributed by atoms with E-state index in [4.69, 9.17) is 13.6 Å². The van der Waals surface area contributed by atoms with Crippen molar-refractivity contribution in [2.45, 2.75) is 109 Å². The second-order valence-electron chi connectivity index (χ2n) is 16.8. The Morgan fingerprint density at radius 3 is 1.92 bits per heavy atom. The molecule has 1 spiro atoms. The van der Waals surface area contributed by atoms with Gasteiger partial charge in [-0.3, -0.25) is 4.79 Å². The summed E-state index contributed by atoms with van der Waals surface area (Å²) in [5.41, 5.74) is 2.01. The van der Waals surface area contributed by atoms with Crippen molar-refractivity contribution in [3.63, 3.8) is 0 Å². The van der Waals surface area contributed by atoms with Crippen LogP contribution in [-0.4, -0.2) is 52.9 Å². The lowest BCUT2D eigenvalue weighted by Crippen LogP contribution is -2.67. The summed E-state index contributed by atoms with van der Waals surface area (Å²) in [7, 11) is -4.64. The number of amides is 1. The maximum Gasteiger partial charge on any atom is 0.261 e. The summed E-state index contributed by atoms with van der Waals surface area (Å²) in [4.78, 5) is 16.8. The molecule has 3 aliphatic rings. The number of fused-ring (bicyclic) bond motifs is 1. The van der Waals surface area contributed by atoms with Crippen molar-refractivity contribution in [1.82, 2.24) is 4.90 Å². The largest absolute Gasteiger partial charge is 0.417 e. The SMILES string of the molecule is CC(C)(C)[Si](C)(C)OCCC1=CC[C@@]2(C1)C[C@H]1O[C@@H](c3ccccc3)[C@H](CO[Si](c3ccccc3)(c3ccccc3)C(C)(C)C)N1C2=O. The molecule has 2 fully saturated rings. The number of ether oxygens (including phenoxy) is 1. The van der Waals surface area contributed by atoms with Gasteiger partial charge in [0, 0.05) is 13.0 Å². The molecular weight excluding hydrogens is 627 g/mol. The fourth-order valence-corrected chi connectivity index (χ4v) is 13.6. The number of carbonyl (C=O) groups is 1. The molecule has 2 saturated heterocycles. The number of allylic oxidation sites excluding steroid dienone is 1. The molecule has 0 aromatic heterocycles. The topological polar surface area (TPSA) is 48.0 Å².